The Kier molecular flexibility index (Phi) is 3.90. The zero-order valence-corrected chi connectivity index (χ0v) is 14.2. The maximum Gasteiger partial charge on any atom is 0.228 e. The Balaban J connectivity index is 1.72. The third kappa shape index (κ3) is 2.96. The summed E-state index contributed by atoms with van der Waals surface area (Å²) in [5, 5.41) is 7.49. The molecule has 0 aliphatic carbocycles. The Bertz CT molecular complexity index is 1000. The fourth-order valence-corrected chi connectivity index (χ4v) is 2.71. The Hall–Kier alpha value is -3.21. The number of rotatable bonds is 4. The van der Waals surface area contributed by atoms with E-state index in [9.17, 15) is 0 Å². The third-order valence-electron chi connectivity index (χ3n) is 4.21. The molecule has 25 heavy (non-hydrogen) atoms. The zero-order chi connectivity index (χ0) is 17.2. The summed E-state index contributed by atoms with van der Waals surface area (Å²) in [5.74, 6) is 0.611. The van der Waals surface area contributed by atoms with E-state index < -0.39 is 0 Å². The highest BCUT2D eigenvalue weighted by atomic mass is 16.5. The lowest BCUT2D eigenvalue weighted by atomic mass is 10.1. The second-order valence-electron chi connectivity index (χ2n) is 5.97. The van der Waals surface area contributed by atoms with Crippen LogP contribution < -0.4 is 5.32 Å². The molecule has 0 aliphatic rings. The highest BCUT2D eigenvalue weighted by Gasteiger charge is 2.16. The number of nitrogens with zero attached hydrogens (tertiary/aromatic N) is 3. The van der Waals surface area contributed by atoms with Crippen LogP contribution in [0.4, 0.5) is 11.5 Å². The SMILES string of the molecule is CCc1ccc(Nc2ncnc3c(-c4ccc(C)cc4)noc23)cc1. The molecule has 4 rings (SSSR count). The predicted octanol–water partition coefficient (Wildman–Crippen LogP) is 4.90. The lowest BCUT2D eigenvalue weighted by Gasteiger charge is -2.06. The van der Waals surface area contributed by atoms with Crippen molar-refractivity contribution < 1.29 is 4.52 Å². The van der Waals surface area contributed by atoms with Crippen LogP contribution in [0.25, 0.3) is 22.4 Å². The molecule has 2 aromatic heterocycles. The molecule has 2 heterocycles. The molecule has 0 amide bonds. The van der Waals surface area contributed by atoms with Gasteiger partial charge in [-0.3, -0.25) is 0 Å². The van der Waals surface area contributed by atoms with Crippen LogP contribution in [0.1, 0.15) is 18.1 Å². The molecule has 0 bridgehead atoms. The first-order valence-corrected chi connectivity index (χ1v) is 8.28. The van der Waals surface area contributed by atoms with Gasteiger partial charge in [0.05, 0.1) is 0 Å². The second kappa shape index (κ2) is 6.36. The average Bonchev–Trinajstić information content (AvgIpc) is 3.08. The van der Waals surface area contributed by atoms with E-state index in [2.05, 4.69) is 46.4 Å². The van der Waals surface area contributed by atoms with Gasteiger partial charge in [0.1, 0.15) is 17.5 Å². The molecule has 5 nitrogen and oxygen atoms in total. The van der Waals surface area contributed by atoms with E-state index in [-0.39, 0.29) is 0 Å². The lowest BCUT2D eigenvalue weighted by molar-refractivity contribution is 0.459. The van der Waals surface area contributed by atoms with Gasteiger partial charge in [0.2, 0.25) is 5.58 Å². The summed E-state index contributed by atoms with van der Waals surface area (Å²) >= 11 is 0. The molecule has 0 atom stereocenters. The molecular weight excluding hydrogens is 312 g/mol. The van der Waals surface area contributed by atoms with Gasteiger partial charge in [0.15, 0.2) is 5.82 Å². The highest BCUT2D eigenvalue weighted by Crippen LogP contribution is 2.30. The molecule has 4 aromatic rings. The van der Waals surface area contributed by atoms with Crippen LogP contribution in [-0.2, 0) is 6.42 Å². The predicted molar refractivity (Wildman–Crippen MR) is 98.9 cm³/mol. The van der Waals surface area contributed by atoms with E-state index in [0.717, 1.165) is 23.4 Å². The van der Waals surface area contributed by atoms with Crippen molar-refractivity contribution in [1.82, 2.24) is 15.1 Å². The summed E-state index contributed by atoms with van der Waals surface area (Å²) in [5.41, 5.74) is 6.39. The topological polar surface area (TPSA) is 63.8 Å². The van der Waals surface area contributed by atoms with Gasteiger partial charge in [-0.15, -0.1) is 0 Å². The number of benzene rings is 2. The normalized spacial score (nSPS) is 11.0. The minimum Gasteiger partial charge on any atom is -0.350 e. The molecule has 0 saturated carbocycles. The van der Waals surface area contributed by atoms with Crippen molar-refractivity contribution in [2.75, 3.05) is 5.32 Å². The number of fused-ring (bicyclic) bond motifs is 1. The van der Waals surface area contributed by atoms with Gasteiger partial charge in [-0.05, 0) is 31.0 Å². The van der Waals surface area contributed by atoms with Crippen molar-refractivity contribution >= 4 is 22.6 Å². The van der Waals surface area contributed by atoms with Crippen LogP contribution in [0.2, 0.25) is 0 Å². The number of aryl methyl sites for hydroxylation is 2. The monoisotopic (exact) mass is 330 g/mol. The highest BCUT2D eigenvalue weighted by molar-refractivity contribution is 5.94. The number of hydrogen-bond acceptors (Lipinski definition) is 5. The number of aromatic nitrogens is 3. The lowest BCUT2D eigenvalue weighted by Crippen LogP contribution is -1.95. The molecule has 0 spiro atoms. The zero-order valence-electron chi connectivity index (χ0n) is 14.2. The van der Waals surface area contributed by atoms with Crippen molar-refractivity contribution in [2.45, 2.75) is 20.3 Å². The molecule has 0 aliphatic heterocycles. The quantitative estimate of drug-likeness (QED) is 0.576. The molecule has 1 N–H and O–H groups in total. The molecular formula is C20H18N4O. The van der Waals surface area contributed by atoms with Crippen LogP contribution in [0.5, 0.6) is 0 Å². The first-order chi connectivity index (χ1) is 12.2. The summed E-state index contributed by atoms with van der Waals surface area (Å²) in [7, 11) is 0. The van der Waals surface area contributed by atoms with Crippen LogP contribution in [-0.4, -0.2) is 15.1 Å². The van der Waals surface area contributed by atoms with Crippen molar-refractivity contribution in [2.24, 2.45) is 0 Å². The average molecular weight is 330 g/mol. The first-order valence-electron chi connectivity index (χ1n) is 8.28. The Morgan fingerprint density at radius 1 is 0.960 bits per heavy atom. The summed E-state index contributed by atoms with van der Waals surface area (Å²) in [6, 6.07) is 16.4. The number of hydrogen-bond donors (Lipinski definition) is 1. The molecule has 5 heteroatoms. The molecule has 0 radical (unpaired) electrons. The number of nitrogens with one attached hydrogen (secondary N) is 1. The summed E-state index contributed by atoms with van der Waals surface area (Å²) in [4.78, 5) is 8.67. The fraction of sp³-hybridized carbons (Fsp3) is 0.150. The molecule has 0 saturated heterocycles. The second-order valence-corrected chi connectivity index (χ2v) is 5.97. The molecule has 0 fully saturated rings. The first kappa shape index (κ1) is 15.3. The summed E-state index contributed by atoms with van der Waals surface area (Å²) in [6.45, 7) is 4.19. The van der Waals surface area contributed by atoms with Gasteiger partial charge in [-0.1, -0.05) is 54.0 Å². The maximum atomic E-state index is 5.54. The largest absolute Gasteiger partial charge is 0.350 e. The van der Waals surface area contributed by atoms with Crippen molar-refractivity contribution in [3.8, 4) is 11.3 Å². The van der Waals surface area contributed by atoms with Crippen LogP contribution in [0, 0.1) is 6.92 Å². The summed E-state index contributed by atoms with van der Waals surface area (Å²) in [6.07, 6.45) is 2.54. The number of anilines is 2. The van der Waals surface area contributed by atoms with Gasteiger partial charge in [0, 0.05) is 11.3 Å². The van der Waals surface area contributed by atoms with E-state index in [1.165, 1.54) is 17.5 Å². The van der Waals surface area contributed by atoms with Crippen LogP contribution >= 0.6 is 0 Å². The van der Waals surface area contributed by atoms with Crippen molar-refractivity contribution in [3.63, 3.8) is 0 Å². The van der Waals surface area contributed by atoms with Gasteiger partial charge in [-0.25, -0.2) is 9.97 Å². The van der Waals surface area contributed by atoms with Crippen molar-refractivity contribution in [1.29, 1.82) is 0 Å². The minimum absolute atomic E-state index is 0.553. The van der Waals surface area contributed by atoms with Gasteiger partial charge >= 0.3 is 0 Å². The third-order valence-corrected chi connectivity index (χ3v) is 4.21. The Morgan fingerprint density at radius 2 is 1.72 bits per heavy atom. The van der Waals surface area contributed by atoms with Crippen LogP contribution in [0.3, 0.4) is 0 Å². The standard InChI is InChI=1S/C20H18N4O/c1-3-14-6-10-16(11-7-14)23-20-19-18(21-12-22-20)17(24-25-19)15-8-4-13(2)5-9-15/h4-12H,3H2,1-2H3,(H,21,22,23). The fourth-order valence-electron chi connectivity index (χ4n) is 2.71. The smallest absolute Gasteiger partial charge is 0.228 e. The van der Waals surface area contributed by atoms with E-state index in [1.54, 1.807) is 0 Å². The Morgan fingerprint density at radius 3 is 2.44 bits per heavy atom. The minimum atomic E-state index is 0.553. The van der Waals surface area contributed by atoms with Gasteiger partial charge in [-0.2, -0.15) is 0 Å². The maximum absolute atomic E-state index is 5.54. The van der Waals surface area contributed by atoms with Crippen molar-refractivity contribution in [3.05, 3.63) is 66.0 Å². The van der Waals surface area contributed by atoms with E-state index in [0.29, 0.717) is 16.9 Å². The van der Waals surface area contributed by atoms with Gasteiger partial charge < -0.3 is 9.84 Å². The van der Waals surface area contributed by atoms with E-state index in [4.69, 9.17) is 4.52 Å². The van der Waals surface area contributed by atoms with E-state index >= 15 is 0 Å². The molecule has 0 unspecified atom stereocenters. The molecule has 2 aromatic carbocycles. The Labute approximate surface area is 145 Å². The van der Waals surface area contributed by atoms with E-state index in [1.807, 2.05) is 36.4 Å². The summed E-state index contributed by atoms with van der Waals surface area (Å²) < 4.78 is 5.54. The molecule has 124 valence electrons. The van der Waals surface area contributed by atoms with Gasteiger partial charge in [0.25, 0.3) is 0 Å². The van der Waals surface area contributed by atoms with Crippen LogP contribution in [0.15, 0.2) is 59.4 Å².